The number of hydrogen-bond donors (Lipinski definition) is 6. The van der Waals surface area contributed by atoms with Crippen LogP contribution < -0.4 is 47.4 Å². The normalized spacial score (nSPS) is 9.18. The number of rotatable bonds is 60. The third kappa shape index (κ3) is 90.9. The monoisotopic (exact) mass is 2320 g/mol. The summed E-state index contributed by atoms with van der Waals surface area (Å²) >= 11 is 5.45. The average Bonchev–Trinajstić information content (AvgIpc) is 0.840. The van der Waals surface area contributed by atoms with E-state index in [0.717, 1.165) is 23.9 Å². The second kappa shape index (κ2) is 125. The molecule has 0 atom stereocenters. The van der Waals surface area contributed by atoms with Crippen molar-refractivity contribution in [2.24, 2.45) is 0 Å². The van der Waals surface area contributed by atoms with Crippen LogP contribution in [0.25, 0.3) is 0 Å². The molecule has 0 saturated heterocycles. The summed E-state index contributed by atoms with van der Waals surface area (Å²) in [5.74, 6) is 1.76. The third-order valence-electron chi connectivity index (χ3n) is 15.8. The number of aliphatic hydroxyl groups is 4. The minimum absolute atomic E-state index is 0. The molecule has 876 valence electrons. The Kier molecular flexibility index (Phi) is 145. The van der Waals surface area contributed by atoms with Crippen molar-refractivity contribution in [1.29, 1.82) is 0 Å². The number of hydrogen-bond acceptors (Lipinski definition) is 36. The van der Waals surface area contributed by atoms with Gasteiger partial charge in [0.1, 0.15) is 66.1 Å². The topological polar surface area (TPSA) is 445 Å². The maximum absolute atomic E-state index is 11.9. The lowest BCUT2D eigenvalue weighted by atomic mass is 10.2. The lowest BCUT2D eigenvalue weighted by Crippen LogP contribution is -2.11. The molecule has 0 bridgehead atoms. The fourth-order valence-electron chi connectivity index (χ4n) is 9.47. The summed E-state index contributed by atoms with van der Waals surface area (Å²) in [5, 5.41) is 53.8. The van der Waals surface area contributed by atoms with E-state index in [4.69, 9.17) is 134 Å². The Bertz CT molecular complexity index is 3790. The molecular formula is C111H202BrIO36. The van der Waals surface area contributed by atoms with E-state index in [1.54, 1.807) is 157 Å². The number of phenols is 2. The summed E-state index contributed by atoms with van der Waals surface area (Å²) < 4.78 is 125. The molecule has 0 aliphatic rings. The van der Waals surface area contributed by atoms with Gasteiger partial charge in [-0.2, -0.15) is 0 Å². The first-order valence-corrected chi connectivity index (χ1v) is 48.8. The highest BCUT2D eigenvalue weighted by atomic mass is 127. The number of esters is 6. The first-order chi connectivity index (χ1) is 66.9. The molecule has 0 aromatic heterocycles. The number of methoxy groups -OCH3 is 6. The molecule has 0 aliphatic carbocycles. The van der Waals surface area contributed by atoms with Crippen LogP contribution >= 0.6 is 38.5 Å². The second-order valence-electron chi connectivity index (χ2n) is 27.0. The Morgan fingerprint density at radius 2 is 0.443 bits per heavy atom. The minimum Gasteiger partial charge on any atom is -0.504 e. The molecule has 0 aliphatic heterocycles. The number of unbranched alkanes of at least 4 members (excludes halogenated alkanes) is 4. The zero-order valence-corrected chi connectivity index (χ0v) is 88.1. The third-order valence-corrected chi connectivity index (χ3v) is 16.9. The van der Waals surface area contributed by atoms with Gasteiger partial charge >= 0.3 is 35.8 Å². The van der Waals surface area contributed by atoms with Gasteiger partial charge in [0.25, 0.3) is 0 Å². The van der Waals surface area contributed by atoms with Crippen molar-refractivity contribution in [3.05, 3.63) is 143 Å². The van der Waals surface area contributed by atoms with E-state index in [1.807, 2.05) is 13.8 Å². The van der Waals surface area contributed by atoms with Crippen LogP contribution in [0, 0.1) is 0 Å². The smallest absolute Gasteiger partial charge is 0.338 e. The largest absolute Gasteiger partial charge is 0.504 e. The molecule has 0 heterocycles. The molecule has 38 heteroatoms. The van der Waals surface area contributed by atoms with Crippen molar-refractivity contribution in [3.8, 4) is 69.0 Å². The summed E-state index contributed by atoms with van der Waals surface area (Å²) in [4.78, 5) is 69.7. The van der Waals surface area contributed by atoms with Crippen LogP contribution in [0.1, 0.15) is 278 Å². The Balaban J connectivity index is -0.000000106. The van der Waals surface area contributed by atoms with Crippen molar-refractivity contribution in [2.75, 3.05) is 251 Å². The predicted molar refractivity (Wildman–Crippen MR) is 612 cm³/mol. The molecule has 0 radical (unpaired) electrons. The van der Waals surface area contributed by atoms with Crippen LogP contribution in [0.2, 0.25) is 0 Å². The Morgan fingerprint density at radius 1 is 0.242 bits per heavy atom. The van der Waals surface area contributed by atoms with Crippen LogP contribution in [-0.4, -0.2) is 317 Å². The zero-order valence-electron chi connectivity index (χ0n) is 84.4. The molecule has 149 heavy (non-hydrogen) atoms. The van der Waals surface area contributed by atoms with Crippen LogP contribution in [0.4, 0.5) is 0 Å². The summed E-state index contributed by atoms with van der Waals surface area (Å²) in [6, 6.07) is 28.3. The van der Waals surface area contributed by atoms with E-state index in [0.29, 0.717) is 256 Å². The summed E-state index contributed by atoms with van der Waals surface area (Å²) in [7, 11) is 9.50. The first-order valence-electron chi connectivity index (χ1n) is 46.1. The maximum atomic E-state index is 11.9. The van der Waals surface area contributed by atoms with Gasteiger partial charge in [-0.25, -0.2) is 28.8 Å². The molecule has 0 amide bonds. The van der Waals surface area contributed by atoms with E-state index in [1.165, 1.54) is 80.3 Å². The molecule has 6 N–H and O–H groups in total. The molecule has 6 aromatic carbocycles. The van der Waals surface area contributed by atoms with Crippen molar-refractivity contribution in [2.45, 2.75) is 216 Å². The van der Waals surface area contributed by atoms with E-state index in [9.17, 15) is 39.0 Å². The fourth-order valence-corrected chi connectivity index (χ4v) is 9.87. The van der Waals surface area contributed by atoms with Crippen molar-refractivity contribution in [3.63, 3.8) is 0 Å². The van der Waals surface area contributed by atoms with E-state index in [-0.39, 0.29) is 132 Å². The van der Waals surface area contributed by atoms with Gasteiger partial charge in [-0.05, 0) is 177 Å². The number of aliphatic hydroxyl groups excluding tert-OH is 4. The molecule has 6 aromatic rings. The number of alkyl halides is 2. The predicted octanol–water partition coefficient (Wildman–Crippen LogP) is 23.3. The van der Waals surface area contributed by atoms with Gasteiger partial charge in [0.15, 0.2) is 69.0 Å². The standard InChI is InChI=1S/C19H30O6.C16H24O6.2C14H20O6.2C12H16O5.C5H11Br.C3H8O.C3H8.C2H5IO.11CH4/c1-4-6-7-10-22-12-14-25-18-15-16(19(20)23-5-2)8-9-17(18)24-13-11-21-3;1-4-19-9-11-22-15-12-13(16(17)20-5-2)6-7-14(15)21-10-8-18-3;2*1-3-18-14(16)11-4-5-12(20-9-8-17-2)13(10-11)19-7-6-15;2*1-3-16-12(14)9-4-5-11(10(13)8-9)17-7-6-15-2;1-2-3-4-5-6;1-2-3-4;1-3-2;3-1-2-4;;;;;;;;;;;/h8-9,15H,4-7,10-14H2,1-3H3;6-7,12H,4-5,8-11H2,1-3H3;2*4-5,10,15H,3,6-9H2,1-2H3;2*4-5,8,13H,3,6-7H2,1-2H3;2-5H2,1H3;4H,2-3H2,1H3;3H2,1-2H3;4H,1-2H2;11*1H4. The number of aromatic hydroxyl groups is 2. The van der Waals surface area contributed by atoms with Crippen molar-refractivity contribution >= 4 is 74.3 Å². The SMILES string of the molecule is C.C.C.C.C.C.C.C.C.C.C.CCC.CCCCCBr.CCCCCOCCOc1cc(C(=O)OCC)ccc1OCCOC.CCCO.CCOC(=O)c1ccc(OCCOC)c(O)c1.CCOC(=O)c1ccc(OCCOC)c(O)c1.CCOC(=O)c1ccc(OCCOC)c(OCCO)c1.CCOC(=O)c1ccc(OCCOC)c(OCCO)c1.CCOCCOc1cc(C(=O)OCC)ccc1OCCOC.OCCI. The lowest BCUT2D eigenvalue weighted by molar-refractivity contribution is 0.0515. The molecule has 0 saturated carbocycles. The number of halogens is 2. The first kappa shape index (κ1) is 173. The minimum atomic E-state index is -0.466. The zero-order chi connectivity index (χ0) is 104. The Labute approximate surface area is 920 Å². The van der Waals surface area contributed by atoms with Crippen molar-refractivity contribution < 1.29 is 173 Å². The summed E-state index contributed by atoms with van der Waals surface area (Å²) in [5.41, 5.74) is 2.19. The van der Waals surface area contributed by atoms with Crippen LogP contribution in [-0.2, 0) is 66.3 Å². The van der Waals surface area contributed by atoms with E-state index >= 15 is 0 Å². The van der Waals surface area contributed by atoms with E-state index in [2.05, 4.69) is 66.2 Å². The maximum Gasteiger partial charge on any atom is 0.338 e. The number of carbonyl (C=O) groups is 6. The lowest BCUT2D eigenvalue weighted by Gasteiger charge is -2.14. The molecular weight excluding hydrogens is 2120 g/mol. The van der Waals surface area contributed by atoms with Gasteiger partial charge in [-0.15, -0.1) is 0 Å². The number of carbonyl (C=O) groups excluding carboxylic acids is 6. The molecule has 6 rings (SSSR count). The summed E-state index contributed by atoms with van der Waals surface area (Å²) in [6.45, 7) is 33.4. The quantitative estimate of drug-likeness (QED) is 0.00679. The van der Waals surface area contributed by atoms with Gasteiger partial charge in [0, 0.05) is 72.2 Å². The highest BCUT2D eigenvalue weighted by Gasteiger charge is 2.19. The van der Waals surface area contributed by atoms with Crippen LogP contribution in [0.3, 0.4) is 0 Å². The van der Waals surface area contributed by atoms with Crippen LogP contribution in [0.15, 0.2) is 109 Å². The van der Waals surface area contributed by atoms with Gasteiger partial charge in [0.2, 0.25) is 0 Å². The highest BCUT2D eigenvalue weighted by Crippen LogP contribution is 2.34. The number of ether oxygens (including phenoxy) is 24. The summed E-state index contributed by atoms with van der Waals surface area (Å²) in [6.07, 6.45) is 9.54. The molecule has 36 nitrogen and oxygen atoms in total. The van der Waals surface area contributed by atoms with Crippen LogP contribution in [0.5, 0.6) is 69.0 Å². The average molecular weight is 2320 g/mol. The highest BCUT2D eigenvalue weighted by molar-refractivity contribution is 14.1. The number of benzene rings is 6. The van der Waals surface area contributed by atoms with Gasteiger partial charge in [0.05, 0.1) is 146 Å². The van der Waals surface area contributed by atoms with Gasteiger partial charge < -0.3 is 144 Å². The molecule has 0 fully saturated rings. The Morgan fingerprint density at radius 3 is 0.631 bits per heavy atom. The molecule has 0 spiro atoms. The number of phenolic OH excluding ortho intramolecular Hbond substituents is 2. The van der Waals surface area contributed by atoms with E-state index < -0.39 is 23.9 Å². The van der Waals surface area contributed by atoms with Gasteiger partial charge in [-0.3, -0.25) is 0 Å². The second-order valence-corrected chi connectivity index (χ2v) is 28.9. The Hall–Kier alpha value is -9.53. The van der Waals surface area contributed by atoms with Crippen molar-refractivity contribution in [1.82, 2.24) is 0 Å². The molecule has 0 unspecified atom stereocenters. The van der Waals surface area contributed by atoms with Gasteiger partial charge in [-0.1, -0.05) is 187 Å². The fraction of sp³-hybridized carbons (Fsp3) is 0.622.